The van der Waals surface area contributed by atoms with Crippen LogP contribution >= 0.6 is 0 Å². The van der Waals surface area contributed by atoms with E-state index in [2.05, 4.69) is 19.8 Å². The van der Waals surface area contributed by atoms with Crippen LogP contribution in [-0.2, 0) is 0 Å². The molecule has 0 bridgehead atoms. The summed E-state index contributed by atoms with van der Waals surface area (Å²) >= 11 is 0. The highest BCUT2D eigenvalue weighted by molar-refractivity contribution is 5.30. The lowest BCUT2D eigenvalue weighted by atomic mass is 9.85. The first kappa shape index (κ1) is 14.7. The molecular weight excluding hydrogens is 268 g/mol. The molecule has 3 rings (SSSR count). The molecule has 2 fully saturated rings. The molecular formula is C15H24N4O2. The monoisotopic (exact) mass is 292 g/mol. The maximum atomic E-state index is 9.74. The summed E-state index contributed by atoms with van der Waals surface area (Å²) in [6.07, 6.45) is 7.45. The molecule has 0 saturated carbocycles. The van der Waals surface area contributed by atoms with Crippen molar-refractivity contribution < 1.29 is 10.2 Å². The lowest BCUT2D eigenvalue weighted by molar-refractivity contribution is 0.0207. The van der Waals surface area contributed by atoms with Gasteiger partial charge in [-0.2, -0.15) is 0 Å². The van der Waals surface area contributed by atoms with E-state index in [4.69, 9.17) is 5.11 Å². The van der Waals surface area contributed by atoms with Gasteiger partial charge in [0.25, 0.3) is 0 Å². The summed E-state index contributed by atoms with van der Waals surface area (Å²) in [4.78, 5) is 13.3. The number of nitrogens with zero attached hydrogens (tertiary/aromatic N) is 4. The van der Waals surface area contributed by atoms with Crippen molar-refractivity contribution in [3.8, 4) is 0 Å². The zero-order valence-corrected chi connectivity index (χ0v) is 12.4. The van der Waals surface area contributed by atoms with Crippen molar-refractivity contribution in [2.45, 2.75) is 37.3 Å². The van der Waals surface area contributed by atoms with Crippen LogP contribution in [0.25, 0.3) is 0 Å². The van der Waals surface area contributed by atoms with E-state index in [0.717, 1.165) is 38.4 Å². The number of rotatable bonds is 4. The van der Waals surface area contributed by atoms with Gasteiger partial charge in [0.15, 0.2) is 0 Å². The highest BCUT2D eigenvalue weighted by Gasteiger charge is 2.43. The minimum atomic E-state index is -0.629. The van der Waals surface area contributed by atoms with Gasteiger partial charge in [-0.15, -0.1) is 0 Å². The van der Waals surface area contributed by atoms with Crippen LogP contribution in [0.1, 0.15) is 25.7 Å². The third-order valence-corrected chi connectivity index (χ3v) is 4.91. The fourth-order valence-corrected chi connectivity index (χ4v) is 3.74. The number of likely N-dealkylation sites (tertiary alicyclic amines) is 1. The maximum Gasteiger partial charge on any atom is 0.225 e. The van der Waals surface area contributed by atoms with E-state index < -0.39 is 6.10 Å². The molecule has 1 atom stereocenters. The zero-order chi connectivity index (χ0) is 14.7. The van der Waals surface area contributed by atoms with Crippen LogP contribution in [0, 0.1) is 0 Å². The Labute approximate surface area is 125 Å². The van der Waals surface area contributed by atoms with E-state index in [1.807, 2.05) is 6.07 Å². The van der Waals surface area contributed by atoms with Crippen molar-refractivity contribution in [3.63, 3.8) is 0 Å². The van der Waals surface area contributed by atoms with Crippen LogP contribution in [0.5, 0.6) is 0 Å². The van der Waals surface area contributed by atoms with Crippen molar-refractivity contribution >= 4 is 5.95 Å². The van der Waals surface area contributed by atoms with Gasteiger partial charge in [-0.1, -0.05) is 0 Å². The molecule has 0 aromatic carbocycles. The normalized spacial score (nSPS) is 23.6. The van der Waals surface area contributed by atoms with E-state index in [9.17, 15) is 5.11 Å². The summed E-state index contributed by atoms with van der Waals surface area (Å²) in [5.41, 5.74) is 0.196. The third-order valence-electron chi connectivity index (χ3n) is 4.91. The van der Waals surface area contributed by atoms with E-state index in [0.29, 0.717) is 6.54 Å². The van der Waals surface area contributed by atoms with Crippen molar-refractivity contribution in [1.82, 2.24) is 14.9 Å². The smallest absolute Gasteiger partial charge is 0.225 e. The molecule has 2 saturated heterocycles. The Hall–Kier alpha value is -1.24. The van der Waals surface area contributed by atoms with Gasteiger partial charge < -0.3 is 15.1 Å². The van der Waals surface area contributed by atoms with Crippen LogP contribution in [0.15, 0.2) is 18.5 Å². The Morgan fingerprint density at radius 1 is 1.14 bits per heavy atom. The second-order valence-corrected chi connectivity index (χ2v) is 6.15. The molecule has 2 aliphatic heterocycles. The second-order valence-electron chi connectivity index (χ2n) is 6.15. The van der Waals surface area contributed by atoms with Crippen molar-refractivity contribution in [2.75, 3.05) is 37.7 Å². The summed E-state index contributed by atoms with van der Waals surface area (Å²) in [6, 6.07) is 1.84. The molecule has 2 N–H and O–H groups in total. The van der Waals surface area contributed by atoms with Crippen LogP contribution in [-0.4, -0.2) is 69.5 Å². The largest absolute Gasteiger partial charge is 0.394 e. The quantitative estimate of drug-likeness (QED) is 0.829. The average molecular weight is 292 g/mol. The van der Waals surface area contributed by atoms with E-state index in [1.165, 1.54) is 12.8 Å². The van der Waals surface area contributed by atoms with Crippen LogP contribution in [0.2, 0.25) is 0 Å². The van der Waals surface area contributed by atoms with Gasteiger partial charge in [-0.25, -0.2) is 9.97 Å². The molecule has 0 amide bonds. The number of hydrogen-bond acceptors (Lipinski definition) is 6. The van der Waals surface area contributed by atoms with Crippen molar-refractivity contribution in [1.29, 1.82) is 0 Å². The van der Waals surface area contributed by atoms with Gasteiger partial charge in [0.1, 0.15) is 0 Å². The van der Waals surface area contributed by atoms with Crippen molar-refractivity contribution in [3.05, 3.63) is 18.5 Å². The minimum Gasteiger partial charge on any atom is -0.394 e. The van der Waals surface area contributed by atoms with Gasteiger partial charge >= 0.3 is 0 Å². The Morgan fingerprint density at radius 2 is 1.86 bits per heavy atom. The number of β-amino-alcohol motifs (C(OH)–C–C–N with tert-alkyl or cyclic N) is 1. The molecule has 1 unspecified atom stereocenters. The standard InChI is InChI=1S/C15H24N4O2/c20-12-13(21)11-19-8-1-3-15(19)4-9-18(10-5-15)14-16-6-2-7-17-14/h2,6-7,13,20-21H,1,3-5,8-12H2. The first-order valence-corrected chi connectivity index (χ1v) is 7.79. The van der Waals surface area contributed by atoms with Crippen LogP contribution < -0.4 is 4.90 Å². The molecule has 0 aliphatic carbocycles. The Bertz CT molecular complexity index is 448. The fraction of sp³-hybridized carbons (Fsp3) is 0.733. The number of piperidine rings is 1. The lowest BCUT2D eigenvalue weighted by Gasteiger charge is -2.45. The predicted octanol–water partition coefficient (Wildman–Crippen LogP) is 0.265. The summed E-state index contributed by atoms with van der Waals surface area (Å²) in [5, 5.41) is 18.8. The van der Waals surface area contributed by atoms with Gasteiger partial charge in [0.2, 0.25) is 5.95 Å². The average Bonchev–Trinajstić information content (AvgIpc) is 2.91. The third kappa shape index (κ3) is 3.02. The van der Waals surface area contributed by atoms with Crippen LogP contribution in [0.3, 0.4) is 0 Å². The van der Waals surface area contributed by atoms with Crippen molar-refractivity contribution in [2.24, 2.45) is 0 Å². The summed E-state index contributed by atoms with van der Waals surface area (Å²) in [7, 11) is 0. The van der Waals surface area contributed by atoms with Gasteiger partial charge in [0.05, 0.1) is 12.7 Å². The molecule has 1 spiro atoms. The number of aliphatic hydroxyl groups is 2. The summed E-state index contributed by atoms with van der Waals surface area (Å²) in [6.45, 7) is 3.36. The molecule has 3 heterocycles. The zero-order valence-electron chi connectivity index (χ0n) is 12.4. The molecule has 21 heavy (non-hydrogen) atoms. The Morgan fingerprint density at radius 3 is 2.52 bits per heavy atom. The van der Waals surface area contributed by atoms with Gasteiger partial charge in [0, 0.05) is 37.6 Å². The number of aliphatic hydroxyl groups excluding tert-OH is 2. The summed E-state index contributed by atoms with van der Waals surface area (Å²) < 4.78 is 0. The first-order valence-electron chi connectivity index (χ1n) is 7.79. The topological polar surface area (TPSA) is 72.7 Å². The van der Waals surface area contributed by atoms with Gasteiger partial charge in [-0.05, 0) is 38.3 Å². The molecule has 6 nitrogen and oxygen atoms in total. The highest BCUT2D eigenvalue weighted by atomic mass is 16.3. The Balaban J connectivity index is 1.63. The molecule has 2 aliphatic rings. The molecule has 0 radical (unpaired) electrons. The van der Waals surface area contributed by atoms with E-state index in [1.54, 1.807) is 12.4 Å². The predicted molar refractivity (Wildman–Crippen MR) is 80.1 cm³/mol. The van der Waals surface area contributed by atoms with E-state index in [-0.39, 0.29) is 12.1 Å². The molecule has 6 heteroatoms. The lowest BCUT2D eigenvalue weighted by Crippen LogP contribution is -2.54. The highest BCUT2D eigenvalue weighted by Crippen LogP contribution is 2.38. The number of anilines is 1. The molecule has 116 valence electrons. The fourth-order valence-electron chi connectivity index (χ4n) is 3.74. The Kier molecular flexibility index (Phi) is 4.37. The minimum absolute atomic E-state index is 0.156. The maximum absolute atomic E-state index is 9.74. The second kappa shape index (κ2) is 6.25. The molecule has 1 aromatic heterocycles. The van der Waals surface area contributed by atoms with Gasteiger partial charge in [-0.3, -0.25) is 4.90 Å². The first-order chi connectivity index (χ1) is 10.2. The SMILES string of the molecule is OCC(O)CN1CCCC12CCN(c1ncccn1)CC2. The number of aromatic nitrogens is 2. The summed E-state index contributed by atoms with van der Waals surface area (Å²) in [5.74, 6) is 0.812. The van der Waals surface area contributed by atoms with E-state index >= 15 is 0 Å². The number of hydrogen-bond donors (Lipinski definition) is 2. The van der Waals surface area contributed by atoms with Crippen LogP contribution in [0.4, 0.5) is 5.95 Å². The molecule has 1 aromatic rings.